The first-order chi connectivity index (χ1) is 10.8. The van der Waals surface area contributed by atoms with E-state index < -0.39 is 10.0 Å². The maximum absolute atomic E-state index is 4.82. The lowest BCUT2D eigenvalue weighted by atomic mass is 9.41. The van der Waals surface area contributed by atoms with Crippen molar-refractivity contribution in [2.45, 2.75) is 37.8 Å². The maximum atomic E-state index is 4.82. The molecule has 128 valence electrons. The molecule has 0 saturated carbocycles. The van der Waals surface area contributed by atoms with Crippen molar-refractivity contribution < 1.29 is 0 Å². The van der Waals surface area contributed by atoms with Crippen molar-refractivity contribution in [1.82, 2.24) is 4.98 Å². The van der Waals surface area contributed by atoms with E-state index in [0.717, 1.165) is 5.69 Å². The number of nitrogens with zero attached hydrogens (tertiary/aromatic N) is 1. The molecule has 1 aromatic carbocycles. The summed E-state index contributed by atoms with van der Waals surface area (Å²) in [6.45, 7) is 9.12. The van der Waals surface area contributed by atoms with Gasteiger partial charge < -0.3 is 0 Å². The minimum Gasteiger partial charge on any atom is -0.255 e. The summed E-state index contributed by atoms with van der Waals surface area (Å²) in [5.41, 5.74) is 5.18. The van der Waals surface area contributed by atoms with Crippen molar-refractivity contribution in [2.75, 3.05) is 18.8 Å². The van der Waals surface area contributed by atoms with Crippen molar-refractivity contribution in [3.05, 3.63) is 47.7 Å². The highest BCUT2D eigenvalue weighted by Gasteiger charge is 2.37. The Hall–Kier alpha value is -1.15. The van der Waals surface area contributed by atoms with E-state index in [1.165, 1.54) is 21.6 Å². The molecular formula is C20H31B2NS. The average molecular weight is 339 g/mol. The molecule has 0 N–H and O–H groups in total. The highest BCUT2D eigenvalue weighted by molar-refractivity contribution is 8.32. The molecule has 24 heavy (non-hydrogen) atoms. The minimum atomic E-state index is -0.845. The number of benzene rings is 1. The molecule has 1 aromatic heterocycles. The lowest BCUT2D eigenvalue weighted by Gasteiger charge is -2.43. The Morgan fingerprint density at radius 3 is 1.96 bits per heavy atom. The lowest BCUT2D eigenvalue weighted by molar-refractivity contribution is 0.355. The Bertz CT molecular complexity index is 723. The fourth-order valence-corrected chi connectivity index (χ4v) is 4.05. The van der Waals surface area contributed by atoms with Crippen LogP contribution in [0.1, 0.15) is 31.9 Å². The standard InChI is InChI=1S/C20H31B2NS/c1-14-8-10-15(11-9-14)17-12-16(20(21,22)19(2,3)4)18(13-23-17)24(5,6)7/h8-13H,21-22H2,1-7H3. The van der Waals surface area contributed by atoms with E-state index in [1.54, 1.807) is 0 Å². The van der Waals surface area contributed by atoms with Gasteiger partial charge in [0, 0.05) is 16.7 Å². The molecule has 4 heteroatoms. The van der Waals surface area contributed by atoms with Gasteiger partial charge in [0.15, 0.2) is 0 Å². The first-order valence-electron chi connectivity index (χ1n) is 8.60. The first kappa shape index (κ1) is 19.2. The van der Waals surface area contributed by atoms with E-state index in [-0.39, 0.29) is 10.6 Å². The fourth-order valence-electron chi connectivity index (χ4n) is 2.71. The zero-order valence-corrected chi connectivity index (χ0v) is 17.6. The molecule has 2 rings (SSSR count). The van der Waals surface area contributed by atoms with Gasteiger partial charge >= 0.3 is 0 Å². The second-order valence-corrected chi connectivity index (χ2v) is 13.3. The predicted molar refractivity (Wildman–Crippen MR) is 116 cm³/mol. The van der Waals surface area contributed by atoms with Crippen molar-refractivity contribution in [1.29, 1.82) is 0 Å². The van der Waals surface area contributed by atoms with Gasteiger partial charge in [-0.2, -0.15) is 0 Å². The molecule has 0 fully saturated rings. The third-order valence-corrected chi connectivity index (χ3v) is 7.07. The van der Waals surface area contributed by atoms with Gasteiger partial charge in [0.25, 0.3) is 0 Å². The summed E-state index contributed by atoms with van der Waals surface area (Å²) in [4.78, 5) is 6.25. The number of hydrogen-bond acceptors (Lipinski definition) is 1. The summed E-state index contributed by atoms with van der Waals surface area (Å²) >= 11 is 0. The molecule has 2 aromatic rings. The Morgan fingerprint density at radius 2 is 1.50 bits per heavy atom. The van der Waals surface area contributed by atoms with Crippen LogP contribution in [0.25, 0.3) is 11.3 Å². The van der Waals surface area contributed by atoms with Gasteiger partial charge in [-0.1, -0.05) is 55.8 Å². The predicted octanol–water partition coefficient (Wildman–Crippen LogP) is 3.58. The number of aryl methyl sites for hydroxylation is 1. The molecule has 1 heterocycles. The summed E-state index contributed by atoms with van der Waals surface area (Å²) in [5.74, 6) is 0. The summed E-state index contributed by atoms with van der Waals surface area (Å²) in [6, 6.07) is 11.0. The van der Waals surface area contributed by atoms with Crippen LogP contribution in [-0.2, 0) is 5.21 Å². The van der Waals surface area contributed by atoms with Crippen LogP contribution in [0.15, 0.2) is 41.4 Å². The van der Waals surface area contributed by atoms with Crippen LogP contribution in [0.5, 0.6) is 0 Å². The third kappa shape index (κ3) is 3.74. The quantitative estimate of drug-likeness (QED) is 0.779. The van der Waals surface area contributed by atoms with Gasteiger partial charge in [-0.25, -0.2) is 10.0 Å². The van der Waals surface area contributed by atoms with E-state index in [0.29, 0.717) is 0 Å². The summed E-state index contributed by atoms with van der Waals surface area (Å²) in [6.07, 6.45) is 9.21. The smallest absolute Gasteiger partial charge is 0.105 e. The molecule has 0 aliphatic rings. The van der Waals surface area contributed by atoms with Crippen LogP contribution in [0.4, 0.5) is 0 Å². The molecule has 0 bridgehead atoms. The normalized spacial score (nSPS) is 13.8. The van der Waals surface area contributed by atoms with Crippen LogP contribution < -0.4 is 0 Å². The van der Waals surface area contributed by atoms with Crippen LogP contribution in [0.2, 0.25) is 0 Å². The van der Waals surface area contributed by atoms with E-state index in [2.05, 4.69) is 98.7 Å². The van der Waals surface area contributed by atoms with Crippen LogP contribution in [0, 0.1) is 12.3 Å². The third-order valence-electron chi connectivity index (χ3n) is 5.42. The van der Waals surface area contributed by atoms with E-state index in [1.807, 2.05) is 0 Å². The Balaban J connectivity index is 2.69. The van der Waals surface area contributed by atoms with E-state index >= 15 is 0 Å². The SMILES string of the molecule is BC(B)(c1cc(-c2ccc(C)cc2)ncc1S(C)(C)C)C(C)(C)C. The van der Waals surface area contributed by atoms with Crippen molar-refractivity contribution in [2.24, 2.45) is 5.41 Å². The fraction of sp³-hybridized carbons (Fsp3) is 0.450. The number of pyridine rings is 1. The molecule has 0 amide bonds. The Labute approximate surface area is 151 Å². The topological polar surface area (TPSA) is 12.9 Å². The van der Waals surface area contributed by atoms with Gasteiger partial charge in [0.05, 0.1) is 5.69 Å². The van der Waals surface area contributed by atoms with Gasteiger partial charge in [-0.15, -0.1) is 0 Å². The van der Waals surface area contributed by atoms with E-state index in [4.69, 9.17) is 4.98 Å². The summed E-state index contributed by atoms with van der Waals surface area (Å²) in [5, 5.41) is 0.0744. The monoisotopic (exact) mass is 339 g/mol. The zero-order valence-electron chi connectivity index (χ0n) is 16.8. The van der Waals surface area contributed by atoms with Gasteiger partial charge in [-0.05, 0) is 42.7 Å². The molecule has 0 unspecified atom stereocenters. The molecule has 0 aliphatic heterocycles. The molecule has 0 spiro atoms. The summed E-state index contributed by atoms with van der Waals surface area (Å²) < 4.78 is 0. The number of aromatic nitrogens is 1. The van der Waals surface area contributed by atoms with E-state index in [9.17, 15) is 0 Å². The number of rotatable bonds is 3. The van der Waals surface area contributed by atoms with Crippen LogP contribution in [-0.4, -0.2) is 39.4 Å². The average Bonchev–Trinajstić information content (AvgIpc) is 2.45. The van der Waals surface area contributed by atoms with Crippen molar-refractivity contribution >= 4 is 25.7 Å². The Kier molecular flexibility index (Phi) is 5.03. The second-order valence-electron chi connectivity index (χ2n) is 9.14. The van der Waals surface area contributed by atoms with Crippen LogP contribution >= 0.6 is 10.0 Å². The van der Waals surface area contributed by atoms with Gasteiger partial charge in [-0.3, -0.25) is 4.98 Å². The van der Waals surface area contributed by atoms with Crippen molar-refractivity contribution in [3.63, 3.8) is 0 Å². The van der Waals surface area contributed by atoms with Crippen molar-refractivity contribution in [3.8, 4) is 11.3 Å². The largest absolute Gasteiger partial charge is 0.255 e. The molecule has 0 saturated heterocycles. The van der Waals surface area contributed by atoms with Gasteiger partial charge in [0.2, 0.25) is 0 Å². The molecule has 0 atom stereocenters. The Morgan fingerprint density at radius 1 is 0.958 bits per heavy atom. The molecule has 0 aliphatic carbocycles. The molecular weight excluding hydrogens is 308 g/mol. The lowest BCUT2D eigenvalue weighted by Crippen LogP contribution is -2.42. The second kappa shape index (κ2) is 6.29. The first-order valence-corrected chi connectivity index (χ1v) is 11.5. The maximum Gasteiger partial charge on any atom is 0.105 e. The molecule has 1 nitrogen and oxygen atoms in total. The minimum absolute atomic E-state index is 0.0744. The highest BCUT2D eigenvalue weighted by Crippen LogP contribution is 2.51. The van der Waals surface area contributed by atoms with Crippen LogP contribution in [0.3, 0.4) is 0 Å². The molecule has 0 radical (unpaired) electrons. The summed E-state index contributed by atoms with van der Waals surface area (Å²) in [7, 11) is 3.90. The zero-order chi connectivity index (χ0) is 18.3. The number of hydrogen-bond donors (Lipinski definition) is 0. The van der Waals surface area contributed by atoms with Gasteiger partial charge in [0.1, 0.15) is 15.7 Å². The highest BCUT2D eigenvalue weighted by atomic mass is 32.3.